The van der Waals surface area contributed by atoms with Gasteiger partial charge in [0, 0.05) is 36.8 Å². The van der Waals surface area contributed by atoms with Gasteiger partial charge < -0.3 is 4.57 Å². The van der Waals surface area contributed by atoms with E-state index >= 15 is 0 Å². The van der Waals surface area contributed by atoms with E-state index in [1.54, 1.807) is 25.3 Å². The minimum atomic E-state index is -0.438. The Bertz CT molecular complexity index is 840. The first-order valence-corrected chi connectivity index (χ1v) is 7.83. The van der Waals surface area contributed by atoms with Crippen molar-refractivity contribution in [3.8, 4) is 5.69 Å². The van der Waals surface area contributed by atoms with Crippen LogP contribution in [0.2, 0.25) is 0 Å². The van der Waals surface area contributed by atoms with Gasteiger partial charge in [0.1, 0.15) is 4.32 Å². The summed E-state index contributed by atoms with van der Waals surface area (Å²) >= 11 is 6.37. The number of nitrogens with zero attached hydrogens (tertiary/aromatic N) is 3. The highest BCUT2D eigenvalue weighted by molar-refractivity contribution is 8.26. The summed E-state index contributed by atoms with van der Waals surface area (Å²) in [6.07, 6.45) is 3.60. The van der Waals surface area contributed by atoms with Crippen LogP contribution in [0.5, 0.6) is 0 Å². The van der Waals surface area contributed by atoms with Crippen molar-refractivity contribution < 1.29 is 9.72 Å². The van der Waals surface area contributed by atoms with E-state index in [0.29, 0.717) is 9.23 Å². The molecule has 1 fully saturated rings. The standard InChI is InChI=1S/C15H11N3O3S2/c1-16-14(19)13(23-15(16)22)9-12-3-2-8-17(12)10-4-6-11(7-5-10)18(20)21/h2-9H,1H3/b13-9-. The molecule has 0 spiro atoms. The summed E-state index contributed by atoms with van der Waals surface area (Å²) in [6, 6.07) is 9.94. The molecule has 116 valence electrons. The average Bonchev–Trinajstić information content (AvgIpc) is 3.09. The molecule has 1 aliphatic rings. The second-order valence-electron chi connectivity index (χ2n) is 4.82. The smallest absolute Gasteiger partial charge is 0.269 e. The average molecular weight is 345 g/mol. The largest absolute Gasteiger partial charge is 0.317 e. The molecular formula is C15H11N3O3S2. The van der Waals surface area contributed by atoms with Crippen molar-refractivity contribution in [1.29, 1.82) is 0 Å². The normalized spacial score (nSPS) is 16.4. The summed E-state index contributed by atoms with van der Waals surface area (Å²) in [4.78, 5) is 24.4. The zero-order valence-electron chi connectivity index (χ0n) is 12.0. The molecule has 1 aromatic carbocycles. The van der Waals surface area contributed by atoms with Gasteiger partial charge in [-0.15, -0.1) is 0 Å². The number of non-ortho nitro benzene ring substituents is 1. The lowest BCUT2D eigenvalue weighted by molar-refractivity contribution is -0.384. The number of nitro benzene ring substituents is 1. The first kappa shape index (κ1) is 15.4. The molecule has 1 aliphatic heterocycles. The molecule has 1 saturated heterocycles. The number of carbonyl (C=O) groups is 1. The zero-order chi connectivity index (χ0) is 16.6. The molecule has 1 amide bonds. The molecular weight excluding hydrogens is 334 g/mol. The first-order valence-electron chi connectivity index (χ1n) is 6.61. The number of carbonyl (C=O) groups excluding carboxylic acids is 1. The molecule has 0 radical (unpaired) electrons. The lowest BCUT2D eigenvalue weighted by Crippen LogP contribution is -2.22. The van der Waals surface area contributed by atoms with Crippen molar-refractivity contribution in [2.75, 3.05) is 7.05 Å². The SMILES string of the molecule is CN1C(=O)/C(=C/c2cccn2-c2ccc([N+](=O)[O-])cc2)SC1=S. The van der Waals surface area contributed by atoms with E-state index in [1.165, 1.54) is 28.8 Å². The van der Waals surface area contributed by atoms with Crippen molar-refractivity contribution >= 4 is 46.0 Å². The fraction of sp³-hybridized carbons (Fsp3) is 0.0667. The fourth-order valence-corrected chi connectivity index (χ4v) is 3.33. The van der Waals surface area contributed by atoms with Gasteiger partial charge in [0.05, 0.1) is 9.83 Å². The summed E-state index contributed by atoms with van der Waals surface area (Å²) in [5.74, 6) is -0.128. The molecule has 2 heterocycles. The van der Waals surface area contributed by atoms with Gasteiger partial charge in [0.15, 0.2) is 0 Å². The highest BCUT2D eigenvalue weighted by atomic mass is 32.2. The maximum atomic E-state index is 12.1. The highest BCUT2D eigenvalue weighted by Crippen LogP contribution is 2.31. The lowest BCUT2D eigenvalue weighted by Gasteiger charge is -2.07. The van der Waals surface area contributed by atoms with Crippen LogP contribution >= 0.6 is 24.0 Å². The van der Waals surface area contributed by atoms with Crippen LogP contribution in [0, 0.1) is 10.1 Å². The zero-order valence-corrected chi connectivity index (χ0v) is 13.6. The molecule has 1 aromatic heterocycles. The van der Waals surface area contributed by atoms with Crippen molar-refractivity contribution in [1.82, 2.24) is 9.47 Å². The third kappa shape index (κ3) is 2.90. The Morgan fingerprint density at radius 1 is 1.26 bits per heavy atom. The number of nitro groups is 1. The van der Waals surface area contributed by atoms with E-state index in [4.69, 9.17) is 12.2 Å². The third-order valence-electron chi connectivity index (χ3n) is 3.38. The number of thiocarbonyl (C=S) groups is 1. The first-order chi connectivity index (χ1) is 11.0. The molecule has 0 unspecified atom stereocenters. The Morgan fingerprint density at radius 2 is 1.96 bits per heavy atom. The number of likely N-dealkylation sites (N-methyl/N-ethyl adjacent to an activating group) is 1. The Kier molecular flexibility index (Phi) is 4.01. The number of hydrogen-bond acceptors (Lipinski definition) is 5. The Balaban J connectivity index is 1.96. The quantitative estimate of drug-likeness (QED) is 0.370. The van der Waals surface area contributed by atoms with Crippen molar-refractivity contribution in [2.45, 2.75) is 0 Å². The number of benzene rings is 1. The molecule has 0 aliphatic carbocycles. The van der Waals surface area contributed by atoms with E-state index in [0.717, 1.165) is 11.4 Å². The summed E-state index contributed by atoms with van der Waals surface area (Å²) in [6.45, 7) is 0. The van der Waals surface area contributed by atoms with Crippen LogP contribution in [-0.2, 0) is 4.79 Å². The van der Waals surface area contributed by atoms with Gasteiger partial charge in [-0.2, -0.15) is 0 Å². The van der Waals surface area contributed by atoms with E-state index in [2.05, 4.69) is 0 Å². The van der Waals surface area contributed by atoms with Crippen LogP contribution < -0.4 is 0 Å². The van der Waals surface area contributed by atoms with Crippen molar-refractivity contribution in [3.05, 3.63) is 63.3 Å². The summed E-state index contributed by atoms with van der Waals surface area (Å²) < 4.78 is 2.38. The summed E-state index contributed by atoms with van der Waals surface area (Å²) in [7, 11) is 1.65. The van der Waals surface area contributed by atoms with Crippen LogP contribution in [0.4, 0.5) is 5.69 Å². The topological polar surface area (TPSA) is 68.4 Å². The maximum absolute atomic E-state index is 12.1. The van der Waals surface area contributed by atoms with Crippen LogP contribution in [0.15, 0.2) is 47.5 Å². The molecule has 8 heteroatoms. The van der Waals surface area contributed by atoms with Crippen molar-refractivity contribution in [3.63, 3.8) is 0 Å². The number of hydrogen-bond donors (Lipinski definition) is 0. The minimum Gasteiger partial charge on any atom is -0.317 e. The van der Waals surface area contributed by atoms with Gasteiger partial charge in [-0.3, -0.25) is 19.8 Å². The van der Waals surface area contributed by atoms with E-state index in [-0.39, 0.29) is 11.6 Å². The molecule has 0 N–H and O–H groups in total. The fourth-order valence-electron chi connectivity index (χ4n) is 2.16. The van der Waals surface area contributed by atoms with E-state index in [1.807, 2.05) is 22.9 Å². The monoisotopic (exact) mass is 345 g/mol. The lowest BCUT2D eigenvalue weighted by atomic mass is 10.2. The number of aromatic nitrogens is 1. The molecule has 0 atom stereocenters. The predicted molar refractivity (Wildman–Crippen MR) is 93.4 cm³/mol. The van der Waals surface area contributed by atoms with Crippen LogP contribution in [0.25, 0.3) is 11.8 Å². The highest BCUT2D eigenvalue weighted by Gasteiger charge is 2.28. The number of amides is 1. The molecule has 0 saturated carbocycles. The Hall–Kier alpha value is -2.45. The number of thioether (sulfide) groups is 1. The van der Waals surface area contributed by atoms with Gasteiger partial charge in [0.25, 0.3) is 11.6 Å². The molecule has 3 rings (SSSR count). The van der Waals surface area contributed by atoms with Gasteiger partial charge in [0.2, 0.25) is 0 Å². The summed E-state index contributed by atoms with van der Waals surface area (Å²) in [5, 5.41) is 10.7. The summed E-state index contributed by atoms with van der Waals surface area (Å²) in [5.41, 5.74) is 1.61. The maximum Gasteiger partial charge on any atom is 0.269 e. The van der Waals surface area contributed by atoms with Crippen LogP contribution in [0.1, 0.15) is 5.69 Å². The molecule has 0 bridgehead atoms. The second-order valence-corrected chi connectivity index (χ2v) is 6.49. The van der Waals surface area contributed by atoms with Crippen LogP contribution in [-0.4, -0.2) is 31.7 Å². The molecule has 6 nitrogen and oxygen atoms in total. The molecule has 23 heavy (non-hydrogen) atoms. The van der Waals surface area contributed by atoms with Gasteiger partial charge in [-0.05, 0) is 30.3 Å². The van der Waals surface area contributed by atoms with Gasteiger partial charge in [-0.25, -0.2) is 0 Å². The van der Waals surface area contributed by atoms with Crippen molar-refractivity contribution in [2.24, 2.45) is 0 Å². The van der Waals surface area contributed by atoms with Gasteiger partial charge in [-0.1, -0.05) is 24.0 Å². The minimum absolute atomic E-state index is 0.0364. The van der Waals surface area contributed by atoms with Gasteiger partial charge >= 0.3 is 0 Å². The van der Waals surface area contributed by atoms with E-state index < -0.39 is 4.92 Å². The van der Waals surface area contributed by atoms with E-state index in [9.17, 15) is 14.9 Å². The second kappa shape index (κ2) is 5.98. The Labute approximate surface area is 141 Å². The predicted octanol–water partition coefficient (Wildman–Crippen LogP) is 3.22. The third-order valence-corrected chi connectivity index (χ3v) is 4.87. The number of rotatable bonds is 3. The molecule has 2 aromatic rings. The Morgan fingerprint density at radius 3 is 2.52 bits per heavy atom. The van der Waals surface area contributed by atoms with Crippen LogP contribution in [0.3, 0.4) is 0 Å².